The number of pyridine rings is 1. The fourth-order valence-electron chi connectivity index (χ4n) is 5.09. The zero-order valence-corrected chi connectivity index (χ0v) is 20.0. The predicted molar refractivity (Wildman–Crippen MR) is 125 cm³/mol. The molecule has 1 saturated carbocycles. The second kappa shape index (κ2) is 8.42. The third-order valence-corrected chi connectivity index (χ3v) is 9.06. The van der Waals surface area contributed by atoms with E-state index in [1.165, 1.54) is 34.9 Å². The van der Waals surface area contributed by atoms with Crippen molar-refractivity contribution in [3.05, 3.63) is 47.3 Å². The van der Waals surface area contributed by atoms with Crippen molar-refractivity contribution in [2.75, 3.05) is 43.4 Å². The van der Waals surface area contributed by atoms with Crippen molar-refractivity contribution in [3.8, 4) is 0 Å². The molecule has 3 heterocycles. The first-order valence-corrected chi connectivity index (χ1v) is 13.4. The number of allylic oxidation sites excluding steroid dienone is 2. The summed E-state index contributed by atoms with van der Waals surface area (Å²) in [5, 5.41) is 0. The number of alkyl halides is 1. The molecule has 0 N–H and O–H groups in total. The van der Waals surface area contributed by atoms with Crippen molar-refractivity contribution in [3.63, 3.8) is 0 Å². The molecule has 3 unspecified atom stereocenters. The number of carbonyl (C=O) groups is 1. The highest BCUT2D eigenvalue weighted by Crippen LogP contribution is 2.40. The number of piperazine rings is 1. The number of hydrogen-bond acceptors (Lipinski definition) is 5. The number of sulfonamides is 1. The van der Waals surface area contributed by atoms with Crippen LogP contribution in [0.5, 0.6) is 0 Å². The normalized spacial score (nSPS) is 29.4. The van der Waals surface area contributed by atoms with Gasteiger partial charge < -0.3 is 9.80 Å². The maximum atomic E-state index is 15.0. The Hall–Kier alpha value is -2.42. The molecule has 0 bridgehead atoms. The SMILES string of the molecule is Cc1cc(C2CC2)cnc1N1CCN(C(=O)C2C=CC(N3CC(C)CS3(=O)=O)=CC2F)CC1. The van der Waals surface area contributed by atoms with Crippen molar-refractivity contribution < 1.29 is 17.6 Å². The Morgan fingerprint density at radius 1 is 1.18 bits per heavy atom. The average molecular weight is 475 g/mol. The molecular weight excluding hydrogens is 443 g/mol. The Balaban J connectivity index is 1.20. The smallest absolute Gasteiger partial charge is 0.235 e. The molecule has 3 fully saturated rings. The molecule has 1 aromatic rings. The lowest BCUT2D eigenvalue weighted by Crippen LogP contribution is -2.51. The zero-order chi connectivity index (χ0) is 23.3. The molecule has 2 aliphatic heterocycles. The van der Waals surface area contributed by atoms with Gasteiger partial charge in [0.05, 0.1) is 17.4 Å². The van der Waals surface area contributed by atoms with E-state index in [-0.39, 0.29) is 17.6 Å². The largest absolute Gasteiger partial charge is 0.353 e. The van der Waals surface area contributed by atoms with Gasteiger partial charge in [-0.25, -0.2) is 17.8 Å². The molecule has 33 heavy (non-hydrogen) atoms. The molecule has 1 amide bonds. The van der Waals surface area contributed by atoms with Crippen LogP contribution >= 0.6 is 0 Å². The molecule has 7 nitrogen and oxygen atoms in total. The molecule has 2 aliphatic carbocycles. The van der Waals surface area contributed by atoms with Crippen LogP contribution in [0.2, 0.25) is 0 Å². The van der Waals surface area contributed by atoms with Gasteiger partial charge in [-0.15, -0.1) is 0 Å². The second-order valence-corrected chi connectivity index (χ2v) is 11.8. The van der Waals surface area contributed by atoms with Crippen LogP contribution in [0, 0.1) is 18.8 Å². The predicted octanol–water partition coefficient (Wildman–Crippen LogP) is 2.61. The van der Waals surface area contributed by atoms with E-state index in [0.29, 0.717) is 44.3 Å². The lowest BCUT2D eigenvalue weighted by molar-refractivity contribution is -0.135. The number of aromatic nitrogens is 1. The van der Waals surface area contributed by atoms with Crippen LogP contribution in [0.25, 0.3) is 0 Å². The lowest BCUT2D eigenvalue weighted by atomic mass is 9.95. The highest BCUT2D eigenvalue weighted by molar-refractivity contribution is 7.89. The molecule has 2 saturated heterocycles. The topological polar surface area (TPSA) is 73.8 Å². The standard InChI is InChI=1S/C24H31FN4O3S/c1-16-14-29(33(31,32)15-16)20-5-6-21(22(25)12-20)24(30)28-9-7-27(8-10-28)23-17(2)11-19(13-26-23)18-3-4-18/h5-6,11-13,16,18,21-22H,3-4,7-10,14-15H2,1-2H3. The summed E-state index contributed by atoms with van der Waals surface area (Å²) in [4.78, 5) is 21.6. The molecule has 0 spiro atoms. The minimum Gasteiger partial charge on any atom is -0.353 e. The lowest BCUT2D eigenvalue weighted by Gasteiger charge is -2.38. The van der Waals surface area contributed by atoms with Gasteiger partial charge in [-0.2, -0.15) is 0 Å². The average Bonchev–Trinajstić information content (AvgIpc) is 3.58. The minimum atomic E-state index is -3.42. The van der Waals surface area contributed by atoms with E-state index in [0.717, 1.165) is 11.4 Å². The highest BCUT2D eigenvalue weighted by Gasteiger charge is 2.38. The van der Waals surface area contributed by atoms with Crippen LogP contribution in [-0.4, -0.2) is 73.2 Å². The quantitative estimate of drug-likeness (QED) is 0.671. The van der Waals surface area contributed by atoms with Gasteiger partial charge in [0, 0.05) is 38.9 Å². The van der Waals surface area contributed by atoms with Crippen molar-refractivity contribution in [1.29, 1.82) is 0 Å². The van der Waals surface area contributed by atoms with Crippen molar-refractivity contribution in [1.82, 2.24) is 14.2 Å². The van der Waals surface area contributed by atoms with Gasteiger partial charge in [-0.3, -0.25) is 9.10 Å². The van der Waals surface area contributed by atoms with E-state index in [2.05, 4.69) is 22.9 Å². The number of hydrogen-bond donors (Lipinski definition) is 0. The zero-order valence-electron chi connectivity index (χ0n) is 19.2. The highest BCUT2D eigenvalue weighted by atomic mass is 32.2. The van der Waals surface area contributed by atoms with Crippen LogP contribution in [0.15, 0.2) is 36.2 Å². The summed E-state index contributed by atoms with van der Waals surface area (Å²) in [5.74, 6) is 0.530. The summed E-state index contributed by atoms with van der Waals surface area (Å²) in [6, 6.07) is 2.23. The Kier molecular flexibility index (Phi) is 5.71. The Bertz CT molecular complexity index is 1110. The van der Waals surface area contributed by atoms with E-state index in [1.807, 2.05) is 13.1 Å². The summed E-state index contributed by atoms with van der Waals surface area (Å²) in [6.45, 7) is 6.62. The van der Waals surface area contributed by atoms with E-state index < -0.39 is 22.1 Å². The fourth-order valence-corrected chi connectivity index (χ4v) is 7.02. The molecule has 5 rings (SSSR count). The summed E-state index contributed by atoms with van der Waals surface area (Å²) >= 11 is 0. The van der Waals surface area contributed by atoms with Gasteiger partial charge in [-0.1, -0.05) is 19.1 Å². The molecule has 0 radical (unpaired) electrons. The van der Waals surface area contributed by atoms with Gasteiger partial charge in [0.2, 0.25) is 15.9 Å². The number of aryl methyl sites for hydroxylation is 1. The van der Waals surface area contributed by atoms with Gasteiger partial charge in [0.25, 0.3) is 0 Å². The summed E-state index contributed by atoms with van der Waals surface area (Å²) in [7, 11) is -3.42. The maximum Gasteiger partial charge on any atom is 0.235 e. The Labute approximate surface area is 195 Å². The fraction of sp³-hybridized carbons (Fsp3) is 0.583. The van der Waals surface area contributed by atoms with Gasteiger partial charge in [0.1, 0.15) is 12.0 Å². The maximum absolute atomic E-state index is 15.0. The van der Waals surface area contributed by atoms with Crippen LogP contribution < -0.4 is 4.90 Å². The van der Waals surface area contributed by atoms with E-state index in [1.54, 1.807) is 11.0 Å². The molecule has 178 valence electrons. The van der Waals surface area contributed by atoms with E-state index in [4.69, 9.17) is 0 Å². The van der Waals surface area contributed by atoms with Crippen molar-refractivity contribution in [2.45, 2.75) is 38.8 Å². The van der Waals surface area contributed by atoms with Crippen molar-refractivity contribution >= 4 is 21.7 Å². The first-order chi connectivity index (χ1) is 15.7. The number of nitrogens with zero attached hydrogens (tertiary/aromatic N) is 4. The van der Waals surface area contributed by atoms with Crippen LogP contribution in [0.3, 0.4) is 0 Å². The molecule has 0 aromatic carbocycles. The van der Waals surface area contributed by atoms with E-state index in [9.17, 15) is 17.6 Å². The summed E-state index contributed by atoms with van der Waals surface area (Å²) in [5.41, 5.74) is 2.80. The van der Waals surface area contributed by atoms with Gasteiger partial charge in [-0.05, 0) is 54.9 Å². The number of halogens is 1. The third-order valence-electron chi connectivity index (χ3n) is 7.04. The summed E-state index contributed by atoms with van der Waals surface area (Å²) in [6.07, 6.45) is 7.31. The van der Waals surface area contributed by atoms with Gasteiger partial charge in [0.15, 0.2) is 0 Å². The minimum absolute atomic E-state index is 0.000971. The number of anilines is 1. The van der Waals surface area contributed by atoms with Crippen molar-refractivity contribution in [2.24, 2.45) is 11.8 Å². The number of rotatable bonds is 4. The Morgan fingerprint density at radius 3 is 2.48 bits per heavy atom. The number of carbonyl (C=O) groups excluding carboxylic acids is 1. The third kappa shape index (κ3) is 4.39. The Morgan fingerprint density at radius 2 is 1.91 bits per heavy atom. The molecule has 3 atom stereocenters. The van der Waals surface area contributed by atoms with Crippen LogP contribution in [-0.2, 0) is 14.8 Å². The van der Waals surface area contributed by atoms with E-state index >= 15 is 0 Å². The van der Waals surface area contributed by atoms with Gasteiger partial charge >= 0.3 is 0 Å². The second-order valence-electron chi connectivity index (χ2n) is 9.83. The van der Waals surface area contributed by atoms with Crippen LogP contribution in [0.1, 0.15) is 36.8 Å². The first kappa shape index (κ1) is 22.4. The van der Waals surface area contributed by atoms with Crippen LogP contribution in [0.4, 0.5) is 10.2 Å². The first-order valence-electron chi connectivity index (χ1n) is 11.8. The molecule has 9 heteroatoms. The molecule has 4 aliphatic rings. The molecule has 1 aromatic heterocycles. The molecular formula is C24H31FN4O3S. The number of amides is 1. The monoisotopic (exact) mass is 474 g/mol. The summed E-state index contributed by atoms with van der Waals surface area (Å²) < 4.78 is 40.9.